The lowest BCUT2D eigenvalue weighted by molar-refractivity contribution is -0.696. The van der Waals surface area contributed by atoms with E-state index >= 15 is 0 Å². The summed E-state index contributed by atoms with van der Waals surface area (Å²) in [5.41, 5.74) is 1.22. The Bertz CT molecular complexity index is 545. The second-order valence-electron chi connectivity index (χ2n) is 6.39. The first-order chi connectivity index (χ1) is 11.3. The van der Waals surface area contributed by atoms with Crippen LogP contribution >= 0.6 is 0 Å². The van der Waals surface area contributed by atoms with Crippen LogP contribution in [0.2, 0.25) is 0 Å². The number of imidazole rings is 1. The van der Waals surface area contributed by atoms with Crippen molar-refractivity contribution in [3.8, 4) is 0 Å². The maximum absolute atomic E-state index is 12.8. The minimum absolute atomic E-state index is 0.152. The molecule has 0 fully saturated rings. The topological polar surface area (TPSA) is 8.81 Å². The van der Waals surface area contributed by atoms with Crippen molar-refractivity contribution in [2.24, 2.45) is 0 Å². The molecule has 0 spiro atoms. The zero-order valence-electron chi connectivity index (χ0n) is 14.4. The average molecular weight is 317 g/mol. The van der Waals surface area contributed by atoms with Crippen LogP contribution in [0, 0.1) is 5.82 Å². The fraction of sp³-hybridized carbons (Fsp3) is 0.550. The van der Waals surface area contributed by atoms with E-state index < -0.39 is 0 Å². The number of hydrogen-bond acceptors (Lipinski definition) is 0. The Kier molecular flexibility index (Phi) is 7.85. The molecule has 0 radical (unpaired) electrons. The summed E-state index contributed by atoms with van der Waals surface area (Å²) in [5, 5.41) is 0. The maximum atomic E-state index is 12.8. The molecule has 1 aromatic heterocycles. The average Bonchev–Trinajstić information content (AvgIpc) is 3.01. The SMILES string of the molecule is CCCCCCC[n+]1ccn(CCCCc2ccc(F)cc2)c1. The molecular formula is C20H30FN2+. The van der Waals surface area contributed by atoms with Crippen LogP contribution in [0.1, 0.15) is 57.4 Å². The number of hydrogen-bond donors (Lipinski definition) is 0. The number of aromatic nitrogens is 2. The number of halogens is 1. The third kappa shape index (κ3) is 6.98. The molecule has 2 nitrogen and oxygen atoms in total. The summed E-state index contributed by atoms with van der Waals surface area (Å²) in [6.07, 6.45) is 16.5. The molecule has 1 aromatic carbocycles. The molecule has 2 aromatic rings. The van der Waals surface area contributed by atoms with Crippen molar-refractivity contribution >= 4 is 0 Å². The van der Waals surface area contributed by atoms with Crippen molar-refractivity contribution in [3.63, 3.8) is 0 Å². The summed E-state index contributed by atoms with van der Waals surface area (Å²) in [6.45, 7) is 4.45. The van der Waals surface area contributed by atoms with Gasteiger partial charge in [-0.1, -0.05) is 38.3 Å². The van der Waals surface area contributed by atoms with Crippen molar-refractivity contribution in [3.05, 3.63) is 54.4 Å². The first kappa shape index (κ1) is 17.7. The van der Waals surface area contributed by atoms with Crippen LogP contribution in [0.15, 0.2) is 43.0 Å². The number of rotatable bonds is 11. The highest BCUT2D eigenvalue weighted by Gasteiger charge is 2.03. The van der Waals surface area contributed by atoms with Gasteiger partial charge in [-0.2, -0.15) is 0 Å². The van der Waals surface area contributed by atoms with E-state index in [-0.39, 0.29) is 5.82 Å². The number of unbranched alkanes of at least 4 members (excludes halogenated alkanes) is 5. The Labute approximate surface area is 140 Å². The highest BCUT2D eigenvalue weighted by molar-refractivity contribution is 5.15. The summed E-state index contributed by atoms with van der Waals surface area (Å²) in [7, 11) is 0. The molecule has 0 bridgehead atoms. The Balaban J connectivity index is 1.60. The molecule has 3 heteroatoms. The second kappa shape index (κ2) is 10.2. The lowest BCUT2D eigenvalue weighted by Gasteiger charge is -2.01. The predicted molar refractivity (Wildman–Crippen MR) is 92.7 cm³/mol. The number of nitrogens with zero attached hydrogens (tertiary/aromatic N) is 2. The van der Waals surface area contributed by atoms with E-state index in [1.165, 1.54) is 37.7 Å². The van der Waals surface area contributed by atoms with Crippen LogP contribution in [0.5, 0.6) is 0 Å². The van der Waals surface area contributed by atoms with Gasteiger partial charge in [-0.05, 0) is 49.8 Å². The molecular weight excluding hydrogens is 287 g/mol. The smallest absolute Gasteiger partial charge is 0.237 e. The third-order valence-electron chi connectivity index (χ3n) is 4.31. The van der Waals surface area contributed by atoms with E-state index in [1.54, 1.807) is 12.1 Å². The summed E-state index contributed by atoms with van der Waals surface area (Å²) in [6, 6.07) is 6.87. The van der Waals surface area contributed by atoms with Gasteiger partial charge in [-0.3, -0.25) is 0 Å². The van der Waals surface area contributed by atoms with Crippen LogP contribution in [0.25, 0.3) is 0 Å². The fourth-order valence-corrected chi connectivity index (χ4v) is 2.88. The second-order valence-corrected chi connectivity index (χ2v) is 6.39. The van der Waals surface area contributed by atoms with Gasteiger partial charge in [-0.15, -0.1) is 0 Å². The van der Waals surface area contributed by atoms with E-state index in [9.17, 15) is 4.39 Å². The van der Waals surface area contributed by atoms with Crippen molar-refractivity contribution in [1.29, 1.82) is 0 Å². The lowest BCUT2D eigenvalue weighted by atomic mass is 10.1. The van der Waals surface area contributed by atoms with E-state index in [0.717, 1.165) is 32.4 Å². The van der Waals surface area contributed by atoms with Gasteiger partial charge in [0.05, 0.1) is 13.1 Å². The van der Waals surface area contributed by atoms with E-state index in [2.05, 4.69) is 34.8 Å². The zero-order valence-corrected chi connectivity index (χ0v) is 14.4. The fourth-order valence-electron chi connectivity index (χ4n) is 2.88. The van der Waals surface area contributed by atoms with Crippen molar-refractivity contribution in [2.75, 3.05) is 0 Å². The highest BCUT2D eigenvalue weighted by Crippen LogP contribution is 2.07. The molecule has 0 unspecified atom stereocenters. The van der Waals surface area contributed by atoms with Crippen molar-refractivity contribution < 1.29 is 8.96 Å². The zero-order chi connectivity index (χ0) is 16.3. The molecule has 0 N–H and O–H groups in total. The Morgan fingerprint density at radius 3 is 2.52 bits per heavy atom. The molecule has 0 saturated heterocycles. The summed E-state index contributed by atoms with van der Waals surface area (Å²) < 4.78 is 17.4. The normalized spacial score (nSPS) is 11.0. The van der Waals surface area contributed by atoms with Gasteiger partial charge < -0.3 is 0 Å². The molecule has 23 heavy (non-hydrogen) atoms. The summed E-state index contributed by atoms with van der Waals surface area (Å²) >= 11 is 0. The van der Waals surface area contributed by atoms with E-state index in [0.29, 0.717) is 0 Å². The summed E-state index contributed by atoms with van der Waals surface area (Å²) in [5.74, 6) is -0.152. The largest absolute Gasteiger partial charge is 0.243 e. The van der Waals surface area contributed by atoms with Gasteiger partial charge in [0.2, 0.25) is 6.33 Å². The van der Waals surface area contributed by atoms with Gasteiger partial charge in [0.25, 0.3) is 0 Å². The van der Waals surface area contributed by atoms with Crippen molar-refractivity contribution in [2.45, 2.75) is 71.4 Å². The number of benzene rings is 1. The van der Waals surface area contributed by atoms with Crippen LogP contribution in [-0.2, 0) is 19.5 Å². The molecule has 126 valence electrons. The van der Waals surface area contributed by atoms with Crippen LogP contribution < -0.4 is 4.57 Å². The molecule has 0 atom stereocenters. The molecule has 0 saturated carbocycles. The van der Waals surface area contributed by atoms with Crippen LogP contribution in [0.4, 0.5) is 4.39 Å². The van der Waals surface area contributed by atoms with Crippen molar-refractivity contribution in [1.82, 2.24) is 4.57 Å². The standard InChI is InChI=1S/C20H30FN2/c1-2-3-4-5-7-14-22-16-17-23(18-22)15-8-6-9-19-10-12-20(21)13-11-19/h10-13,16-18H,2-9,14-15H2,1H3/q+1. The van der Waals surface area contributed by atoms with E-state index in [4.69, 9.17) is 0 Å². The quantitative estimate of drug-likeness (QED) is 0.411. The van der Waals surface area contributed by atoms with Gasteiger partial charge in [0.1, 0.15) is 18.2 Å². The lowest BCUT2D eigenvalue weighted by Crippen LogP contribution is -2.30. The summed E-state index contributed by atoms with van der Waals surface area (Å²) in [4.78, 5) is 0. The van der Waals surface area contributed by atoms with Crippen LogP contribution in [-0.4, -0.2) is 4.57 Å². The Morgan fingerprint density at radius 1 is 0.957 bits per heavy atom. The molecule has 0 aliphatic heterocycles. The van der Waals surface area contributed by atoms with Gasteiger partial charge >= 0.3 is 0 Å². The van der Waals surface area contributed by atoms with E-state index in [1.807, 2.05) is 12.1 Å². The van der Waals surface area contributed by atoms with Gasteiger partial charge in [0, 0.05) is 0 Å². The van der Waals surface area contributed by atoms with Gasteiger partial charge in [-0.25, -0.2) is 13.5 Å². The Hall–Kier alpha value is -1.64. The number of aryl methyl sites for hydroxylation is 3. The molecule has 1 heterocycles. The monoisotopic (exact) mass is 317 g/mol. The highest BCUT2D eigenvalue weighted by atomic mass is 19.1. The van der Waals surface area contributed by atoms with Crippen LogP contribution in [0.3, 0.4) is 0 Å². The third-order valence-corrected chi connectivity index (χ3v) is 4.31. The molecule has 0 aliphatic rings. The first-order valence-corrected chi connectivity index (χ1v) is 9.07. The maximum Gasteiger partial charge on any atom is 0.243 e. The predicted octanol–water partition coefficient (Wildman–Crippen LogP) is 4.91. The minimum Gasteiger partial charge on any atom is -0.237 e. The minimum atomic E-state index is -0.152. The molecule has 0 aliphatic carbocycles. The molecule has 0 amide bonds. The molecule has 2 rings (SSSR count). The first-order valence-electron chi connectivity index (χ1n) is 9.07. The van der Waals surface area contributed by atoms with Gasteiger partial charge in [0.15, 0.2) is 0 Å². The Morgan fingerprint density at radius 2 is 1.74 bits per heavy atom.